The molecule has 1 rings (SSSR count). The first-order chi connectivity index (χ1) is 11.5. The molecule has 1 aromatic rings. The lowest BCUT2D eigenvalue weighted by Gasteiger charge is -2.23. The molecule has 0 aliphatic carbocycles. The SMILES string of the molecule is CCC(C[C@H](C(=O)O)C(=O)OC(C)(C)C)c1cc(COC(C)=O)on1. The molecule has 1 heterocycles. The van der Waals surface area contributed by atoms with Gasteiger partial charge < -0.3 is 19.1 Å². The molecule has 8 nitrogen and oxygen atoms in total. The van der Waals surface area contributed by atoms with Gasteiger partial charge in [0.2, 0.25) is 0 Å². The minimum Gasteiger partial charge on any atom is -0.481 e. The largest absolute Gasteiger partial charge is 0.481 e. The van der Waals surface area contributed by atoms with Crippen molar-refractivity contribution >= 4 is 17.9 Å². The normalized spacial score (nSPS) is 13.8. The molecule has 1 N–H and O–H groups in total. The fourth-order valence-electron chi connectivity index (χ4n) is 2.21. The molecule has 0 amide bonds. The highest BCUT2D eigenvalue weighted by molar-refractivity contribution is 5.94. The molecule has 0 saturated carbocycles. The van der Waals surface area contributed by atoms with Gasteiger partial charge in [0.1, 0.15) is 5.60 Å². The molecule has 1 unspecified atom stereocenters. The molecule has 8 heteroatoms. The molecule has 2 atom stereocenters. The van der Waals surface area contributed by atoms with E-state index in [-0.39, 0.29) is 18.9 Å². The van der Waals surface area contributed by atoms with Gasteiger partial charge in [-0.3, -0.25) is 14.4 Å². The van der Waals surface area contributed by atoms with Crippen molar-refractivity contribution in [2.75, 3.05) is 0 Å². The van der Waals surface area contributed by atoms with E-state index in [0.717, 1.165) is 0 Å². The van der Waals surface area contributed by atoms with Crippen LogP contribution in [0.3, 0.4) is 0 Å². The van der Waals surface area contributed by atoms with Crippen molar-refractivity contribution in [1.29, 1.82) is 0 Å². The molecular formula is C17H25NO7. The van der Waals surface area contributed by atoms with Crippen molar-refractivity contribution in [3.8, 4) is 0 Å². The van der Waals surface area contributed by atoms with Gasteiger partial charge in [-0.2, -0.15) is 0 Å². The van der Waals surface area contributed by atoms with Crippen molar-refractivity contribution in [3.05, 3.63) is 17.5 Å². The van der Waals surface area contributed by atoms with E-state index in [1.807, 2.05) is 6.92 Å². The number of carbonyl (C=O) groups excluding carboxylic acids is 2. The third-order valence-corrected chi connectivity index (χ3v) is 3.42. The number of nitrogens with zero attached hydrogens (tertiary/aromatic N) is 1. The Morgan fingerprint density at radius 1 is 1.32 bits per heavy atom. The van der Waals surface area contributed by atoms with E-state index in [4.69, 9.17) is 14.0 Å². The maximum Gasteiger partial charge on any atom is 0.320 e. The average molecular weight is 355 g/mol. The third kappa shape index (κ3) is 6.94. The zero-order valence-corrected chi connectivity index (χ0v) is 15.2. The van der Waals surface area contributed by atoms with Gasteiger partial charge in [0.25, 0.3) is 0 Å². The molecule has 25 heavy (non-hydrogen) atoms. The monoisotopic (exact) mass is 355 g/mol. The number of hydrogen-bond acceptors (Lipinski definition) is 7. The molecule has 0 spiro atoms. The van der Waals surface area contributed by atoms with E-state index in [9.17, 15) is 19.5 Å². The number of aliphatic carboxylic acids is 1. The summed E-state index contributed by atoms with van der Waals surface area (Å²) in [6.07, 6.45) is 0.604. The predicted octanol–water partition coefficient (Wildman–Crippen LogP) is 2.66. The van der Waals surface area contributed by atoms with Crippen LogP contribution in [-0.2, 0) is 30.5 Å². The van der Waals surface area contributed by atoms with Gasteiger partial charge >= 0.3 is 17.9 Å². The topological polar surface area (TPSA) is 116 Å². The maximum absolute atomic E-state index is 12.2. The van der Waals surface area contributed by atoms with Crippen molar-refractivity contribution < 1.29 is 33.5 Å². The van der Waals surface area contributed by atoms with Crippen LogP contribution in [0.2, 0.25) is 0 Å². The Labute approximate surface area is 146 Å². The highest BCUT2D eigenvalue weighted by Crippen LogP contribution is 2.28. The molecule has 0 bridgehead atoms. The van der Waals surface area contributed by atoms with Crippen molar-refractivity contribution in [1.82, 2.24) is 5.16 Å². The first kappa shape index (κ1) is 20.7. The van der Waals surface area contributed by atoms with Gasteiger partial charge in [0, 0.05) is 18.9 Å². The van der Waals surface area contributed by atoms with Crippen LogP contribution in [0.1, 0.15) is 64.8 Å². The van der Waals surface area contributed by atoms with Crippen LogP contribution in [0.15, 0.2) is 10.6 Å². The molecule has 140 valence electrons. The number of carboxylic acid groups (broad SMARTS) is 1. The smallest absolute Gasteiger partial charge is 0.320 e. The molecular weight excluding hydrogens is 330 g/mol. The average Bonchev–Trinajstić information content (AvgIpc) is 2.92. The summed E-state index contributed by atoms with van der Waals surface area (Å²) in [5.74, 6) is -3.70. The summed E-state index contributed by atoms with van der Waals surface area (Å²) >= 11 is 0. The van der Waals surface area contributed by atoms with Crippen molar-refractivity contribution in [2.45, 2.75) is 65.6 Å². The predicted molar refractivity (Wildman–Crippen MR) is 86.6 cm³/mol. The molecule has 0 radical (unpaired) electrons. The summed E-state index contributed by atoms with van der Waals surface area (Å²) in [5.41, 5.74) is -0.253. The Morgan fingerprint density at radius 2 is 1.96 bits per heavy atom. The van der Waals surface area contributed by atoms with Crippen LogP contribution < -0.4 is 0 Å². The third-order valence-electron chi connectivity index (χ3n) is 3.42. The van der Waals surface area contributed by atoms with Crippen LogP contribution in [0.4, 0.5) is 0 Å². The first-order valence-corrected chi connectivity index (χ1v) is 8.08. The van der Waals surface area contributed by atoms with E-state index >= 15 is 0 Å². The quantitative estimate of drug-likeness (QED) is 0.559. The first-order valence-electron chi connectivity index (χ1n) is 8.08. The fourth-order valence-corrected chi connectivity index (χ4v) is 2.21. The van der Waals surface area contributed by atoms with Gasteiger partial charge in [0.05, 0.1) is 5.69 Å². The van der Waals surface area contributed by atoms with Gasteiger partial charge in [-0.25, -0.2) is 0 Å². The second-order valence-electron chi connectivity index (χ2n) is 6.76. The minimum absolute atomic E-state index is 0.0419. The summed E-state index contributed by atoms with van der Waals surface area (Å²) in [4.78, 5) is 34.5. The number of aromatic nitrogens is 1. The second-order valence-corrected chi connectivity index (χ2v) is 6.76. The summed E-state index contributed by atoms with van der Waals surface area (Å²) < 4.78 is 15.1. The number of hydrogen-bond donors (Lipinski definition) is 1. The highest BCUT2D eigenvalue weighted by Gasteiger charge is 2.34. The van der Waals surface area contributed by atoms with E-state index < -0.39 is 29.4 Å². The molecule has 0 fully saturated rings. The lowest BCUT2D eigenvalue weighted by atomic mass is 9.89. The van der Waals surface area contributed by atoms with Gasteiger partial charge in [-0.15, -0.1) is 0 Å². The Bertz CT molecular complexity index is 615. The number of ether oxygens (including phenoxy) is 2. The second kappa shape index (κ2) is 8.64. The zero-order valence-electron chi connectivity index (χ0n) is 15.2. The van der Waals surface area contributed by atoms with Gasteiger partial charge in [-0.1, -0.05) is 12.1 Å². The Balaban J connectivity index is 2.85. The van der Waals surface area contributed by atoms with E-state index in [2.05, 4.69) is 5.16 Å². The lowest BCUT2D eigenvalue weighted by molar-refractivity contribution is -0.167. The highest BCUT2D eigenvalue weighted by atomic mass is 16.6. The standard InChI is InChI=1S/C17H25NO7/c1-6-11(14-8-12(25-18-14)9-23-10(2)19)7-13(15(20)21)16(22)24-17(3,4)5/h8,11,13H,6-7,9H2,1-5H3,(H,20,21)/t11?,13-/m1/s1. The van der Waals surface area contributed by atoms with E-state index in [1.165, 1.54) is 6.92 Å². The molecule has 1 aromatic heterocycles. The Morgan fingerprint density at radius 3 is 2.44 bits per heavy atom. The summed E-state index contributed by atoms with van der Waals surface area (Å²) in [7, 11) is 0. The Hall–Kier alpha value is -2.38. The van der Waals surface area contributed by atoms with Crippen LogP contribution >= 0.6 is 0 Å². The van der Waals surface area contributed by atoms with Crippen molar-refractivity contribution in [2.24, 2.45) is 5.92 Å². The van der Waals surface area contributed by atoms with Crippen LogP contribution in [-0.4, -0.2) is 33.8 Å². The van der Waals surface area contributed by atoms with Crippen LogP contribution in [0.25, 0.3) is 0 Å². The molecule has 0 aromatic carbocycles. The maximum atomic E-state index is 12.2. The van der Waals surface area contributed by atoms with E-state index in [0.29, 0.717) is 17.9 Å². The molecule has 0 saturated heterocycles. The summed E-state index contributed by atoms with van der Waals surface area (Å²) in [5, 5.41) is 13.3. The molecule has 0 aliphatic heterocycles. The lowest BCUT2D eigenvalue weighted by Crippen LogP contribution is -2.33. The number of esters is 2. The minimum atomic E-state index is -1.29. The van der Waals surface area contributed by atoms with Gasteiger partial charge in [-0.05, 0) is 33.6 Å². The number of carboxylic acids is 1. The number of carbonyl (C=O) groups is 3. The summed E-state index contributed by atoms with van der Waals surface area (Å²) in [6, 6.07) is 1.60. The Kier molecular flexibility index (Phi) is 7.14. The molecule has 0 aliphatic rings. The van der Waals surface area contributed by atoms with Crippen LogP contribution in [0.5, 0.6) is 0 Å². The van der Waals surface area contributed by atoms with Gasteiger partial charge in [0.15, 0.2) is 18.3 Å². The number of rotatable bonds is 8. The fraction of sp³-hybridized carbons (Fsp3) is 0.647. The van der Waals surface area contributed by atoms with Crippen molar-refractivity contribution in [3.63, 3.8) is 0 Å². The summed E-state index contributed by atoms with van der Waals surface area (Å²) in [6.45, 7) is 8.14. The van der Waals surface area contributed by atoms with E-state index in [1.54, 1.807) is 26.8 Å². The van der Waals surface area contributed by atoms with Crippen LogP contribution in [0, 0.1) is 5.92 Å². The zero-order chi connectivity index (χ0) is 19.2.